The Morgan fingerprint density at radius 3 is 2.81 bits per heavy atom. The van der Waals surface area contributed by atoms with Gasteiger partial charge < -0.3 is 10.1 Å². The zero-order valence-electron chi connectivity index (χ0n) is 17.7. The van der Waals surface area contributed by atoms with Crippen molar-refractivity contribution in [3.63, 3.8) is 0 Å². The van der Waals surface area contributed by atoms with Crippen LogP contribution < -0.4 is 10.1 Å². The second-order valence-corrected chi connectivity index (χ2v) is 7.91. The van der Waals surface area contributed by atoms with E-state index in [2.05, 4.69) is 31.5 Å². The van der Waals surface area contributed by atoms with Crippen LogP contribution in [0.5, 0.6) is 5.75 Å². The van der Waals surface area contributed by atoms with Gasteiger partial charge in [-0.1, -0.05) is 48.5 Å². The molecule has 3 heterocycles. The van der Waals surface area contributed by atoms with E-state index in [1.54, 1.807) is 0 Å². The van der Waals surface area contributed by atoms with Crippen molar-refractivity contribution in [2.45, 2.75) is 25.9 Å². The van der Waals surface area contributed by atoms with Gasteiger partial charge in [0.2, 0.25) is 5.91 Å². The fourth-order valence-electron chi connectivity index (χ4n) is 3.81. The largest absolute Gasteiger partial charge is 0.487 e. The van der Waals surface area contributed by atoms with E-state index in [9.17, 15) is 4.79 Å². The second-order valence-electron chi connectivity index (χ2n) is 7.91. The lowest BCUT2D eigenvalue weighted by Crippen LogP contribution is -2.35. The molecule has 1 unspecified atom stereocenters. The van der Waals surface area contributed by atoms with E-state index in [0.29, 0.717) is 18.2 Å². The first kappa shape index (κ1) is 19.9. The number of carbonyl (C=O) groups excluding carboxylic acids is 1. The molecule has 0 bridgehead atoms. The van der Waals surface area contributed by atoms with Crippen molar-refractivity contribution in [2.75, 3.05) is 6.54 Å². The molecule has 160 valence electrons. The lowest BCUT2D eigenvalue weighted by molar-refractivity contribution is -0.120. The number of carbonyl (C=O) groups is 1. The molecule has 4 aromatic rings. The zero-order chi connectivity index (χ0) is 21.9. The number of hydrogen-bond acceptors (Lipinski definition) is 5. The van der Waals surface area contributed by atoms with Gasteiger partial charge in [-0.15, -0.1) is 0 Å². The smallest absolute Gasteiger partial charge is 0.227 e. The molecular weight excluding hydrogens is 402 g/mol. The lowest BCUT2D eigenvalue weighted by atomic mass is 10.0. The Balaban J connectivity index is 1.19. The van der Waals surface area contributed by atoms with Crippen molar-refractivity contribution in [2.24, 2.45) is 0 Å². The van der Waals surface area contributed by atoms with Crippen LogP contribution in [0.1, 0.15) is 17.0 Å². The summed E-state index contributed by atoms with van der Waals surface area (Å²) >= 11 is 0. The van der Waals surface area contributed by atoms with E-state index in [-0.39, 0.29) is 18.4 Å². The normalized spacial score (nSPS) is 14.6. The van der Waals surface area contributed by atoms with Crippen molar-refractivity contribution in [3.8, 4) is 28.4 Å². The average molecular weight is 425 g/mol. The third kappa shape index (κ3) is 4.23. The minimum atomic E-state index is -0.124. The first-order valence-electron chi connectivity index (χ1n) is 10.6. The first-order chi connectivity index (χ1) is 15.7. The molecule has 2 aromatic heterocycles. The van der Waals surface area contributed by atoms with E-state index in [1.165, 1.54) is 0 Å². The predicted octanol–water partition coefficient (Wildman–Crippen LogP) is 3.50. The Morgan fingerprint density at radius 2 is 2.00 bits per heavy atom. The summed E-state index contributed by atoms with van der Waals surface area (Å²) in [5.41, 5.74) is 5.02. The van der Waals surface area contributed by atoms with Gasteiger partial charge in [0.05, 0.1) is 18.7 Å². The molecule has 1 amide bonds. The molecule has 32 heavy (non-hydrogen) atoms. The van der Waals surface area contributed by atoms with Gasteiger partial charge >= 0.3 is 0 Å². The number of nitrogens with one attached hydrogen (secondary N) is 2. The molecule has 0 fully saturated rings. The Hall–Kier alpha value is -4.00. The van der Waals surface area contributed by atoms with E-state index >= 15 is 0 Å². The van der Waals surface area contributed by atoms with E-state index < -0.39 is 0 Å². The topological polar surface area (TPSA) is 92.8 Å². The number of aromatic amines is 1. The minimum Gasteiger partial charge on any atom is -0.487 e. The van der Waals surface area contributed by atoms with Gasteiger partial charge in [0.1, 0.15) is 17.7 Å². The number of nitrogens with zero attached hydrogens (tertiary/aromatic N) is 3. The number of amides is 1. The Labute approximate surface area is 185 Å². The minimum absolute atomic E-state index is 0.116. The molecule has 0 aliphatic carbocycles. The maximum absolute atomic E-state index is 12.4. The summed E-state index contributed by atoms with van der Waals surface area (Å²) in [5, 5.41) is 10.0. The Bertz CT molecular complexity index is 1230. The molecule has 2 N–H and O–H groups in total. The summed E-state index contributed by atoms with van der Waals surface area (Å²) in [5.74, 6) is 1.84. The van der Waals surface area contributed by atoms with Gasteiger partial charge in [-0.05, 0) is 30.2 Å². The van der Waals surface area contributed by atoms with Gasteiger partial charge in [0.15, 0.2) is 5.82 Å². The highest BCUT2D eigenvalue weighted by Crippen LogP contribution is 2.37. The van der Waals surface area contributed by atoms with Crippen LogP contribution in [0.25, 0.3) is 22.6 Å². The summed E-state index contributed by atoms with van der Waals surface area (Å²) in [6, 6.07) is 19.8. The van der Waals surface area contributed by atoms with Crippen LogP contribution in [0.15, 0.2) is 66.9 Å². The van der Waals surface area contributed by atoms with Gasteiger partial charge in [-0.3, -0.25) is 14.9 Å². The van der Waals surface area contributed by atoms with Gasteiger partial charge in [0, 0.05) is 23.7 Å². The molecule has 0 spiro atoms. The summed E-state index contributed by atoms with van der Waals surface area (Å²) in [6.45, 7) is 2.44. The summed E-state index contributed by atoms with van der Waals surface area (Å²) in [6.07, 6.45) is 2.62. The number of benzene rings is 2. The highest BCUT2D eigenvalue weighted by atomic mass is 16.5. The van der Waals surface area contributed by atoms with Crippen LogP contribution in [0.4, 0.5) is 0 Å². The standard InChI is InChI=1S/C25H23N5O2/c1-16-10-11-21(26-14-16)20-9-5-8-18-12-19(32-24(18)20)15-27-23(31)13-22-28-25(30-29-22)17-6-3-2-4-7-17/h2-11,14,19H,12-13,15H2,1H3,(H,27,31)(H,28,29,30). The summed E-state index contributed by atoms with van der Waals surface area (Å²) in [4.78, 5) is 21.4. The first-order valence-corrected chi connectivity index (χ1v) is 10.6. The fraction of sp³-hybridized carbons (Fsp3) is 0.200. The number of pyridine rings is 1. The quantitative estimate of drug-likeness (QED) is 0.493. The molecular formula is C25H23N5O2. The number of aryl methyl sites for hydroxylation is 1. The average Bonchev–Trinajstić information content (AvgIpc) is 3.45. The third-order valence-corrected chi connectivity index (χ3v) is 5.43. The third-order valence-electron chi connectivity index (χ3n) is 5.43. The number of H-pyrrole nitrogens is 1. The molecule has 1 atom stereocenters. The highest BCUT2D eigenvalue weighted by molar-refractivity contribution is 5.78. The van der Waals surface area contributed by atoms with Crippen molar-refractivity contribution in [1.82, 2.24) is 25.5 Å². The molecule has 2 aromatic carbocycles. The fourth-order valence-corrected chi connectivity index (χ4v) is 3.81. The Morgan fingerprint density at radius 1 is 1.12 bits per heavy atom. The number of para-hydroxylation sites is 1. The van der Waals surface area contributed by atoms with Crippen molar-refractivity contribution >= 4 is 5.91 Å². The Kier molecular flexibility index (Phi) is 5.37. The second kappa shape index (κ2) is 8.63. The van der Waals surface area contributed by atoms with Crippen molar-refractivity contribution in [1.29, 1.82) is 0 Å². The van der Waals surface area contributed by atoms with Crippen LogP contribution in [0.2, 0.25) is 0 Å². The van der Waals surface area contributed by atoms with Crippen molar-refractivity contribution in [3.05, 3.63) is 83.8 Å². The van der Waals surface area contributed by atoms with Crippen LogP contribution >= 0.6 is 0 Å². The monoisotopic (exact) mass is 425 g/mol. The maximum Gasteiger partial charge on any atom is 0.227 e. The molecule has 0 radical (unpaired) electrons. The number of ether oxygens (including phenoxy) is 1. The van der Waals surface area contributed by atoms with E-state index in [4.69, 9.17) is 4.74 Å². The molecule has 1 aliphatic rings. The molecule has 7 nitrogen and oxygen atoms in total. The highest BCUT2D eigenvalue weighted by Gasteiger charge is 2.26. The van der Waals surface area contributed by atoms with Gasteiger partial charge in [-0.2, -0.15) is 5.10 Å². The van der Waals surface area contributed by atoms with E-state index in [1.807, 2.05) is 67.7 Å². The molecule has 0 saturated carbocycles. The number of fused-ring (bicyclic) bond motifs is 1. The number of aromatic nitrogens is 4. The van der Waals surface area contributed by atoms with Crippen LogP contribution in [0.3, 0.4) is 0 Å². The molecule has 1 aliphatic heterocycles. The van der Waals surface area contributed by atoms with Crippen molar-refractivity contribution < 1.29 is 9.53 Å². The SMILES string of the molecule is Cc1ccc(-c2cccc3c2OC(CNC(=O)Cc2nc(-c4ccccc4)n[nH]2)C3)nc1. The maximum atomic E-state index is 12.4. The summed E-state index contributed by atoms with van der Waals surface area (Å²) in [7, 11) is 0. The molecule has 7 heteroatoms. The lowest BCUT2D eigenvalue weighted by Gasteiger charge is -2.13. The van der Waals surface area contributed by atoms with Crippen LogP contribution in [-0.4, -0.2) is 38.7 Å². The van der Waals surface area contributed by atoms with Crippen LogP contribution in [-0.2, 0) is 17.6 Å². The molecule has 0 saturated heterocycles. The zero-order valence-corrected chi connectivity index (χ0v) is 17.7. The van der Waals surface area contributed by atoms with E-state index in [0.717, 1.165) is 40.1 Å². The number of hydrogen-bond donors (Lipinski definition) is 2. The summed E-state index contributed by atoms with van der Waals surface area (Å²) < 4.78 is 6.19. The van der Waals surface area contributed by atoms with Gasteiger partial charge in [-0.25, -0.2) is 4.98 Å². The molecule has 5 rings (SSSR count). The predicted molar refractivity (Wildman–Crippen MR) is 121 cm³/mol. The van der Waals surface area contributed by atoms with Gasteiger partial charge in [0.25, 0.3) is 0 Å². The van der Waals surface area contributed by atoms with Crippen LogP contribution in [0, 0.1) is 6.92 Å². The number of rotatable bonds is 6.